The van der Waals surface area contributed by atoms with Gasteiger partial charge in [-0.2, -0.15) is 0 Å². The van der Waals surface area contributed by atoms with Crippen molar-refractivity contribution in [3.63, 3.8) is 0 Å². The molecule has 2 N–H and O–H groups in total. The topological polar surface area (TPSA) is 81.1 Å². The minimum atomic E-state index is -0.360. The smallest absolute Gasteiger partial charge is 0.255 e. The first-order chi connectivity index (χ1) is 15.2. The van der Waals surface area contributed by atoms with E-state index in [2.05, 4.69) is 20.2 Å². The molecular formula is C24H21N5O2. The fourth-order valence-corrected chi connectivity index (χ4v) is 4.06. The van der Waals surface area contributed by atoms with Crippen molar-refractivity contribution in [3.8, 4) is 5.75 Å². The van der Waals surface area contributed by atoms with Crippen molar-refractivity contribution < 1.29 is 9.53 Å². The van der Waals surface area contributed by atoms with Gasteiger partial charge in [0, 0.05) is 18.1 Å². The maximum Gasteiger partial charge on any atom is 0.255 e. The van der Waals surface area contributed by atoms with Crippen molar-refractivity contribution in [2.24, 2.45) is 0 Å². The number of imidazole rings is 1. The van der Waals surface area contributed by atoms with E-state index >= 15 is 0 Å². The minimum Gasteiger partial charge on any atom is -0.495 e. The van der Waals surface area contributed by atoms with E-state index in [9.17, 15) is 4.79 Å². The van der Waals surface area contributed by atoms with Gasteiger partial charge in [0.25, 0.3) is 5.91 Å². The average molecular weight is 411 g/mol. The van der Waals surface area contributed by atoms with Crippen LogP contribution in [0, 0.1) is 0 Å². The summed E-state index contributed by atoms with van der Waals surface area (Å²) in [6, 6.07) is 18.8. The summed E-state index contributed by atoms with van der Waals surface area (Å²) in [7, 11) is 1.58. The van der Waals surface area contributed by atoms with Gasteiger partial charge in [-0.3, -0.25) is 14.3 Å². The Balaban J connectivity index is 1.65. The molecular weight excluding hydrogens is 390 g/mol. The molecule has 0 spiro atoms. The first kappa shape index (κ1) is 18.9. The number of ether oxygens (including phenoxy) is 1. The second kappa shape index (κ2) is 7.60. The van der Waals surface area contributed by atoms with Crippen LogP contribution in [0.4, 0.5) is 11.6 Å². The van der Waals surface area contributed by atoms with E-state index in [1.54, 1.807) is 19.5 Å². The number of pyridine rings is 1. The van der Waals surface area contributed by atoms with Crippen LogP contribution < -0.4 is 15.4 Å². The molecule has 1 aliphatic heterocycles. The third-order valence-electron chi connectivity index (χ3n) is 5.45. The number of carbonyl (C=O) groups excluding carboxylic acids is 1. The van der Waals surface area contributed by atoms with E-state index in [0.717, 1.165) is 22.3 Å². The summed E-state index contributed by atoms with van der Waals surface area (Å²) < 4.78 is 7.47. The predicted molar refractivity (Wildman–Crippen MR) is 120 cm³/mol. The molecule has 31 heavy (non-hydrogen) atoms. The number of amides is 1. The van der Waals surface area contributed by atoms with Gasteiger partial charge in [0.15, 0.2) is 0 Å². The van der Waals surface area contributed by atoms with E-state index in [1.165, 1.54) is 0 Å². The number of allylic oxidation sites excluding steroid dienone is 1. The Kier molecular flexibility index (Phi) is 4.63. The maximum absolute atomic E-state index is 13.6. The Morgan fingerprint density at radius 3 is 2.61 bits per heavy atom. The van der Waals surface area contributed by atoms with E-state index in [1.807, 2.05) is 67.6 Å². The van der Waals surface area contributed by atoms with Crippen LogP contribution in [0.2, 0.25) is 0 Å². The van der Waals surface area contributed by atoms with E-state index in [-0.39, 0.29) is 11.9 Å². The normalized spacial score (nSPS) is 15.4. The highest BCUT2D eigenvalue weighted by molar-refractivity contribution is 6.07. The maximum atomic E-state index is 13.6. The SMILES string of the molecule is COc1ccccc1NC(=O)C1=C(C)Nc2nc3ccccc3n2[C@@H]1c1ccncc1. The number of methoxy groups -OCH3 is 1. The second-order valence-corrected chi connectivity index (χ2v) is 7.30. The number of nitrogens with one attached hydrogen (secondary N) is 2. The highest BCUT2D eigenvalue weighted by atomic mass is 16.5. The number of benzene rings is 2. The Labute approximate surface area is 179 Å². The number of fused-ring (bicyclic) bond motifs is 3. The van der Waals surface area contributed by atoms with E-state index in [4.69, 9.17) is 9.72 Å². The lowest BCUT2D eigenvalue weighted by Gasteiger charge is -2.30. The molecule has 7 heteroatoms. The summed E-state index contributed by atoms with van der Waals surface area (Å²) in [6.07, 6.45) is 3.47. The van der Waals surface area contributed by atoms with Gasteiger partial charge in [-0.15, -0.1) is 0 Å². The van der Waals surface area contributed by atoms with Crippen LogP contribution in [0.3, 0.4) is 0 Å². The van der Waals surface area contributed by atoms with Crippen LogP contribution in [-0.4, -0.2) is 27.6 Å². The number of rotatable bonds is 4. The Morgan fingerprint density at radius 1 is 1.06 bits per heavy atom. The number of carbonyl (C=O) groups is 1. The van der Waals surface area contributed by atoms with Crippen molar-refractivity contribution in [2.45, 2.75) is 13.0 Å². The van der Waals surface area contributed by atoms with Crippen LogP contribution in [0.15, 0.2) is 84.3 Å². The number of hydrogen-bond donors (Lipinski definition) is 2. The van der Waals surface area contributed by atoms with Crippen LogP contribution >= 0.6 is 0 Å². The van der Waals surface area contributed by atoms with Crippen molar-refractivity contribution in [3.05, 3.63) is 89.9 Å². The molecule has 0 saturated heterocycles. The van der Waals surface area contributed by atoms with Crippen molar-refractivity contribution in [1.29, 1.82) is 0 Å². The summed E-state index contributed by atoms with van der Waals surface area (Å²) in [5.41, 5.74) is 4.73. The largest absolute Gasteiger partial charge is 0.495 e. The molecule has 7 nitrogen and oxygen atoms in total. The van der Waals surface area contributed by atoms with Gasteiger partial charge in [-0.25, -0.2) is 4.98 Å². The lowest BCUT2D eigenvalue weighted by Crippen LogP contribution is -2.31. The van der Waals surface area contributed by atoms with Gasteiger partial charge >= 0.3 is 0 Å². The number of hydrogen-bond acceptors (Lipinski definition) is 5. The summed E-state index contributed by atoms with van der Waals surface area (Å²) in [4.78, 5) is 22.5. The van der Waals surface area contributed by atoms with Gasteiger partial charge in [0.1, 0.15) is 5.75 Å². The van der Waals surface area contributed by atoms with Crippen molar-refractivity contribution in [2.75, 3.05) is 17.7 Å². The lowest BCUT2D eigenvalue weighted by molar-refractivity contribution is -0.113. The molecule has 3 heterocycles. The summed E-state index contributed by atoms with van der Waals surface area (Å²) in [5.74, 6) is 1.10. The third kappa shape index (κ3) is 3.20. The molecule has 0 unspecified atom stereocenters. The monoisotopic (exact) mass is 411 g/mol. The standard InChI is InChI=1S/C24H21N5O2/c1-15-21(23(30)27-18-8-4-6-10-20(18)31-2)22(16-11-13-25-14-12-16)29-19-9-5-3-7-17(19)28-24(29)26-15/h3-14,22H,1-2H3,(H,26,28)(H,27,30)/t22-/m1/s1. The molecule has 1 amide bonds. The number of anilines is 2. The van der Waals surface area contributed by atoms with Crippen molar-refractivity contribution in [1.82, 2.24) is 14.5 Å². The zero-order valence-electron chi connectivity index (χ0n) is 17.2. The van der Waals surface area contributed by atoms with Gasteiger partial charge in [0.2, 0.25) is 5.95 Å². The average Bonchev–Trinajstić information content (AvgIpc) is 3.16. The zero-order valence-corrected chi connectivity index (χ0v) is 17.2. The first-order valence-electron chi connectivity index (χ1n) is 9.96. The number of aromatic nitrogens is 3. The molecule has 0 aliphatic carbocycles. The molecule has 0 saturated carbocycles. The summed E-state index contributed by atoms with van der Waals surface area (Å²) >= 11 is 0. The first-order valence-corrected chi connectivity index (χ1v) is 9.96. The molecule has 4 aromatic rings. The van der Waals surface area contributed by atoms with Gasteiger partial charge < -0.3 is 15.4 Å². The Hall–Kier alpha value is -4.13. The van der Waals surface area contributed by atoms with E-state index in [0.29, 0.717) is 23.0 Å². The molecule has 2 aromatic carbocycles. The minimum absolute atomic E-state index is 0.209. The van der Waals surface area contributed by atoms with Gasteiger partial charge in [-0.1, -0.05) is 24.3 Å². The fourth-order valence-electron chi connectivity index (χ4n) is 4.06. The van der Waals surface area contributed by atoms with Crippen LogP contribution in [0.1, 0.15) is 18.5 Å². The highest BCUT2D eigenvalue weighted by Crippen LogP contribution is 2.39. The number of para-hydroxylation sites is 4. The Morgan fingerprint density at radius 2 is 1.81 bits per heavy atom. The van der Waals surface area contributed by atoms with Crippen LogP contribution in [0.5, 0.6) is 5.75 Å². The van der Waals surface area contributed by atoms with Gasteiger partial charge in [0.05, 0.1) is 35.4 Å². The molecule has 1 atom stereocenters. The predicted octanol–water partition coefficient (Wildman–Crippen LogP) is 4.37. The van der Waals surface area contributed by atoms with Crippen LogP contribution in [0.25, 0.3) is 11.0 Å². The summed E-state index contributed by atoms with van der Waals surface area (Å²) in [6.45, 7) is 1.90. The third-order valence-corrected chi connectivity index (χ3v) is 5.45. The van der Waals surface area contributed by atoms with Gasteiger partial charge in [-0.05, 0) is 48.9 Å². The summed E-state index contributed by atoms with van der Waals surface area (Å²) in [5, 5.41) is 6.34. The molecule has 2 aromatic heterocycles. The lowest BCUT2D eigenvalue weighted by atomic mass is 9.95. The van der Waals surface area contributed by atoms with Crippen molar-refractivity contribution >= 4 is 28.6 Å². The molecule has 1 aliphatic rings. The van der Waals surface area contributed by atoms with Crippen LogP contribution in [-0.2, 0) is 4.79 Å². The molecule has 0 fully saturated rings. The Bertz CT molecular complexity index is 1310. The fraction of sp³-hybridized carbons (Fsp3) is 0.125. The quantitative estimate of drug-likeness (QED) is 0.521. The molecule has 5 rings (SSSR count). The molecule has 0 bridgehead atoms. The zero-order chi connectivity index (χ0) is 21.4. The molecule has 154 valence electrons. The second-order valence-electron chi connectivity index (χ2n) is 7.30. The van der Waals surface area contributed by atoms with E-state index < -0.39 is 0 Å². The highest BCUT2D eigenvalue weighted by Gasteiger charge is 2.34. The number of nitrogens with zero attached hydrogens (tertiary/aromatic N) is 3. The molecule has 0 radical (unpaired) electrons.